The largest absolute Gasteiger partial charge is 0.435 e. The molecule has 2 aliphatic heterocycles. The van der Waals surface area contributed by atoms with E-state index in [1.54, 1.807) is 4.90 Å². The Morgan fingerprint density at radius 2 is 2.06 bits per heavy atom. The lowest BCUT2D eigenvalue weighted by Gasteiger charge is -2.27. The molecule has 186 valence electrons. The Morgan fingerprint density at radius 3 is 2.71 bits per heavy atom. The molecule has 3 aromatic rings. The molecule has 1 saturated heterocycles. The first-order valence-electron chi connectivity index (χ1n) is 11.2. The average Bonchev–Trinajstić information content (AvgIpc) is 3.53. The molecule has 2 aliphatic rings. The molecule has 0 aliphatic carbocycles. The second kappa shape index (κ2) is 8.67. The maximum Gasteiger partial charge on any atom is 0.435 e. The van der Waals surface area contributed by atoms with Gasteiger partial charge in [-0.05, 0) is 24.1 Å². The van der Waals surface area contributed by atoms with E-state index in [1.807, 2.05) is 4.68 Å². The Labute approximate surface area is 198 Å². The monoisotopic (exact) mass is 492 g/mol. The van der Waals surface area contributed by atoms with Crippen LogP contribution < -0.4 is 5.32 Å². The quantitative estimate of drug-likeness (QED) is 0.556. The van der Waals surface area contributed by atoms with Gasteiger partial charge in [0, 0.05) is 56.6 Å². The van der Waals surface area contributed by atoms with Gasteiger partial charge in [-0.3, -0.25) is 14.2 Å². The molecule has 1 N–H and O–H groups in total. The number of amides is 1. The Balaban J connectivity index is 1.49. The molecule has 35 heavy (non-hydrogen) atoms. The van der Waals surface area contributed by atoms with Crippen molar-refractivity contribution in [3.05, 3.63) is 47.2 Å². The minimum Gasteiger partial charge on any atom is -0.379 e. The summed E-state index contributed by atoms with van der Waals surface area (Å²) < 4.78 is 63.7. The number of aryl methyl sites for hydroxylation is 1. The molecular weight excluding hydrogens is 468 g/mol. The first-order chi connectivity index (χ1) is 16.6. The molecule has 2 aromatic heterocycles. The lowest BCUT2D eigenvalue weighted by molar-refractivity contribution is -0.141. The number of rotatable bonds is 4. The highest BCUT2D eigenvalue weighted by atomic mass is 19.4. The Kier molecular flexibility index (Phi) is 5.78. The zero-order valence-electron chi connectivity index (χ0n) is 19.2. The topological polar surface area (TPSA) is 77.2 Å². The van der Waals surface area contributed by atoms with Gasteiger partial charge in [-0.25, -0.2) is 4.39 Å². The van der Waals surface area contributed by atoms with Gasteiger partial charge in [0.05, 0.1) is 24.9 Å². The van der Waals surface area contributed by atoms with Crippen LogP contribution in [0.15, 0.2) is 24.4 Å². The Hall–Kier alpha value is -3.41. The summed E-state index contributed by atoms with van der Waals surface area (Å²) >= 11 is 0. The number of hydrogen-bond donors (Lipinski definition) is 1. The van der Waals surface area contributed by atoms with E-state index in [0.29, 0.717) is 38.5 Å². The van der Waals surface area contributed by atoms with Crippen molar-refractivity contribution >= 4 is 17.4 Å². The summed E-state index contributed by atoms with van der Waals surface area (Å²) in [6.07, 6.45) is -2.03. The molecule has 5 rings (SSSR count). The molecule has 12 heteroatoms. The molecule has 0 saturated carbocycles. The fraction of sp³-hybridized carbons (Fsp3) is 0.435. The molecule has 0 radical (unpaired) electrons. The van der Waals surface area contributed by atoms with Crippen molar-refractivity contribution in [2.45, 2.75) is 38.5 Å². The standard InChI is InChI=1S/C23H24F4N6O2/c1-13(34)32-7-5-20-17(11-32)22(30-33(20)15-6-8-35-12-15)28-19-4-3-14(9-18(19)24)16-10-31(2)29-21(16)23(25,26)27/h3-4,9-10,15H,5-8,11-12H2,1-2H3,(H,28,30). The number of carbonyl (C=O) groups is 1. The van der Waals surface area contributed by atoms with Gasteiger partial charge < -0.3 is 15.0 Å². The van der Waals surface area contributed by atoms with E-state index < -0.39 is 17.7 Å². The summed E-state index contributed by atoms with van der Waals surface area (Å²) in [5.74, 6) is -0.376. The third-order valence-electron chi connectivity index (χ3n) is 6.41. The van der Waals surface area contributed by atoms with Crippen LogP contribution in [0.4, 0.5) is 29.1 Å². The van der Waals surface area contributed by atoms with Gasteiger partial charge in [-0.1, -0.05) is 6.07 Å². The third-order valence-corrected chi connectivity index (χ3v) is 6.41. The smallest absolute Gasteiger partial charge is 0.379 e. The van der Waals surface area contributed by atoms with E-state index in [0.717, 1.165) is 28.4 Å². The van der Waals surface area contributed by atoms with Crippen LogP contribution in [0.3, 0.4) is 0 Å². The average molecular weight is 492 g/mol. The molecule has 0 spiro atoms. The van der Waals surface area contributed by atoms with Gasteiger partial charge in [0.2, 0.25) is 5.91 Å². The van der Waals surface area contributed by atoms with E-state index in [-0.39, 0.29) is 28.8 Å². The molecule has 8 nitrogen and oxygen atoms in total. The van der Waals surface area contributed by atoms with Crippen molar-refractivity contribution in [1.29, 1.82) is 0 Å². The number of anilines is 2. The van der Waals surface area contributed by atoms with Crippen molar-refractivity contribution in [2.24, 2.45) is 7.05 Å². The first-order valence-corrected chi connectivity index (χ1v) is 11.2. The van der Waals surface area contributed by atoms with Crippen LogP contribution in [-0.2, 0) is 35.7 Å². The van der Waals surface area contributed by atoms with Crippen LogP contribution >= 0.6 is 0 Å². The van der Waals surface area contributed by atoms with Crippen molar-refractivity contribution in [2.75, 3.05) is 25.1 Å². The molecule has 1 fully saturated rings. The second-order valence-corrected chi connectivity index (χ2v) is 8.81. The number of ether oxygens (including phenoxy) is 1. The second-order valence-electron chi connectivity index (χ2n) is 8.81. The molecule has 0 bridgehead atoms. The number of fused-ring (bicyclic) bond motifs is 1. The Bertz CT molecular complexity index is 1280. The van der Waals surface area contributed by atoms with Crippen LogP contribution in [0.25, 0.3) is 11.1 Å². The van der Waals surface area contributed by atoms with Crippen molar-refractivity contribution < 1.29 is 27.1 Å². The van der Waals surface area contributed by atoms with Gasteiger partial charge in [0.15, 0.2) is 11.5 Å². The van der Waals surface area contributed by atoms with Crippen LogP contribution in [0, 0.1) is 5.82 Å². The van der Waals surface area contributed by atoms with E-state index in [2.05, 4.69) is 10.4 Å². The molecule has 1 aromatic carbocycles. The number of alkyl halides is 3. The third kappa shape index (κ3) is 4.38. The summed E-state index contributed by atoms with van der Waals surface area (Å²) in [5, 5.41) is 11.2. The summed E-state index contributed by atoms with van der Waals surface area (Å²) in [6.45, 7) is 3.56. The predicted octanol–water partition coefficient (Wildman–Crippen LogP) is 4.05. The number of carbonyl (C=O) groups excluding carboxylic acids is 1. The summed E-state index contributed by atoms with van der Waals surface area (Å²) in [6, 6.07) is 3.90. The number of aromatic nitrogens is 4. The van der Waals surface area contributed by atoms with Gasteiger partial charge >= 0.3 is 6.18 Å². The maximum atomic E-state index is 15.1. The predicted molar refractivity (Wildman–Crippen MR) is 118 cm³/mol. The fourth-order valence-corrected chi connectivity index (χ4v) is 4.65. The molecule has 4 heterocycles. The van der Waals surface area contributed by atoms with Crippen LogP contribution in [0.5, 0.6) is 0 Å². The SMILES string of the molecule is CC(=O)N1CCc2c(c(Nc3ccc(-c4cn(C)nc4C(F)(F)F)cc3F)nn2C2CCOC2)C1. The van der Waals surface area contributed by atoms with E-state index >= 15 is 4.39 Å². The number of benzene rings is 1. The van der Waals surface area contributed by atoms with Crippen LogP contribution in [0.2, 0.25) is 0 Å². The lowest BCUT2D eigenvalue weighted by atomic mass is 10.0. The number of nitrogens with zero attached hydrogens (tertiary/aromatic N) is 5. The highest BCUT2D eigenvalue weighted by Gasteiger charge is 2.37. The fourth-order valence-electron chi connectivity index (χ4n) is 4.65. The van der Waals surface area contributed by atoms with Gasteiger partial charge in [-0.2, -0.15) is 23.4 Å². The van der Waals surface area contributed by atoms with E-state index in [9.17, 15) is 18.0 Å². The van der Waals surface area contributed by atoms with Gasteiger partial charge in [0.1, 0.15) is 5.82 Å². The number of nitrogens with one attached hydrogen (secondary N) is 1. The highest BCUT2D eigenvalue weighted by molar-refractivity contribution is 5.75. The molecule has 1 atom stereocenters. The van der Waals surface area contributed by atoms with Crippen LogP contribution in [-0.4, -0.2) is 50.1 Å². The molecule has 1 unspecified atom stereocenters. The van der Waals surface area contributed by atoms with Crippen molar-refractivity contribution in [1.82, 2.24) is 24.5 Å². The van der Waals surface area contributed by atoms with Crippen molar-refractivity contribution in [3.8, 4) is 11.1 Å². The maximum absolute atomic E-state index is 15.1. The molecular formula is C23H24F4N6O2. The van der Waals surface area contributed by atoms with E-state index in [4.69, 9.17) is 9.84 Å². The van der Waals surface area contributed by atoms with Gasteiger partial charge in [-0.15, -0.1) is 0 Å². The number of halogens is 4. The lowest BCUT2D eigenvalue weighted by Crippen LogP contribution is -2.35. The summed E-state index contributed by atoms with van der Waals surface area (Å²) in [4.78, 5) is 13.7. The zero-order valence-corrected chi connectivity index (χ0v) is 19.2. The first kappa shape index (κ1) is 23.3. The minimum atomic E-state index is -4.66. The number of hydrogen-bond acceptors (Lipinski definition) is 5. The summed E-state index contributed by atoms with van der Waals surface area (Å²) in [5.41, 5.74) is 0.630. The zero-order chi connectivity index (χ0) is 24.9. The minimum absolute atomic E-state index is 0.0572. The van der Waals surface area contributed by atoms with E-state index in [1.165, 1.54) is 32.3 Å². The highest BCUT2D eigenvalue weighted by Crippen LogP contribution is 2.38. The summed E-state index contributed by atoms with van der Waals surface area (Å²) in [7, 11) is 1.38. The Morgan fingerprint density at radius 1 is 1.26 bits per heavy atom. The normalized spacial score (nSPS) is 18.1. The van der Waals surface area contributed by atoms with Crippen LogP contribution in [0.1, 0.15) is 36.3 Å². The molecule has 1 amide bonds. The van der Waals surface area contributed by atoms with Crippen molar-refractivity contribution in [3.63, 3.8) is 0 Å². The van der Waals surface area contributed by atoms with Gasteiger partial charge in [0.25, 0.3) is 0 Å².